The van der Waals surface area contributed by atoms with Gasteiger partial charge < -0.3 is 10.1 Å². The number of fused-ring (bicyclic) bond motifs is 1. The maximum atomic E-state index is 5.76. The van der Waals surface area contributed by atoms with Gasteiger partial charge in [0.25, 0.3) is 0 Å². The van der Waals surface area contributed by atoms with E-state index in [2.05, 4.69) is 41.3 Å². The second kappa shape index (κ2) is 5.13. The Balaban J connectivity index is 1.77. The fourth-order valence-corrected chi connectivity index (χ4v) is 2.81. The van der Waals surface area contributed by atoms with Gasteiger partial charge in [-0.3, -0.25) is 9.97 Å². The normalized spacial score (nSPS) is 27.4. The van der Waals surface area contributed by atoms with E-state index in [1.165, 1.54) is 0 Å². The first-order chi connectivity index (χ1) is 9.20. The monoisotopic (exact) mass is 257 g/mol. The molecule has 1 aliphatic heterocycles. The average molecular weight is 257 g/mol. The molecular weight excluding hydrogens is 238 g/mol. The Morgan fingerprint density at radius 2 is 1.74 bits per heavy atom. The van der Waals surface area contributed by atoms with Crippen molar-refractivity contribution in [1.29, 1.82) is 0 Å². The van der Waals surface area contributed by atoms with Crippen LogP contribution in [-0.2, 0) is 4.74 Å². The lowest BCUT2D eigenvalue weighted by molar-refractivity contribution is -0.0337. The van der Waals surface area contributed by atoms with Gasteiger partial charge in [0.2, 0.25) is 0 Å². The van der Waals surface area contributed by atoms with Gasteiger partial charge in [-0.1, -0.05) is 0 Å². The summed E-state index contributed by atoms with van der Waals surface area (Å²) in [6.45, 7) is 4.27. The van der Waals surface area contributed by atoms with Gasteiger partial charge in [0, 0.05) is 24.1 Å². The van der Waals surface area contributed by atoms with Crippen LogP contribution in [-0.4, -0.2) is 28.2 Å². The maximum absolute atomic E-state index is 5.76. The van der Waals surface area contributed by atoms with Crippen LogP contribution in [0, 0.1) is 0 Å². The first kappa shape index (κ1) is 12.4. The molecule has 19 heavy (non-hydrogen) atoms. The fourth-order valence-electron chi connectivity index (χ4n) is 2.81. The molecule has 1 fully saturated rings. The maximum Gasteiger partial charge on any atom is 0.0907 e. The van der Waals surface area contributed by atoms with Crippen molar-refractivity contribution in [2.45, 2.75) is 44.9 Å². The quantitative estimate of drug-likeness (QED) is 0.898. The predicted octanol–water partition coefficient (Wildman–Crippen LogP) is 3.00. The number of rotatable bonds is 2. The highest BCUT2D eigenvalue weighted by molar-refractivity contribution is 5.78. The number of nitrogens with one attached hydrogen (secondary N) is 1. The van der Waals surface area contributed by atoms with Gasteiger partial charge in [-0.15, -0.1) is 0 Å². The molecule has 3 rings (SSSR count). The number of ether oxygens (including phenoxy) is 1. The van der Waals surface area contributed by atoms with Gasteiger partial charge >= 0.3 is 0 Å². The van der Waals surface area contributed by atoms with Crippen LogP contribution >= 0.6 is 0 Å². The highest BCUT2D eigenvalue weighted by Crippen LogP contribution is 2.23. The Hall–Kier alpha value is -1.68. The van der Waals surface area contributed by atoms with Gasteiger partial charge in [0.1, 0.15) is 0 Å². The second-order valence-electron chi connectivity index (χ2n) is 5.33. The van der Waals surface area contributed by atoms with Crippen molar-refractivity contribution in [3.63, 3.8) is 0 Å². The SMILES string of the molecule is CC1CC(Nc2ccc3nccnc3c2)CC(C)O1. The van der Waals surface area contributed by atoms with Crippen molar-refractivity contribution < 1.29 is 4.74 Å². The number of hydrogen-bond donors (Lipinski definition) is 1. The van der Waals surface area contributed by atoms with Crippen LogP contribution in [0.15, 0.2) is 30.6 Å². The highest BCUT2D eigenvalue weighted by Gasteiger charge is 2.24. The summed E-state index contributed by atoms with van der Waals surface area (Å²) in [4.78, 5) is 8.62. The van der Waals surface area contributed by atoms with E-state index in [9.17, 15) is 0 Å². The highest BCUT2D eigenvalue weighted by atomic mass is 16.5. The van der Waals surface area contributed by atoms with E-state index in [-0.39, 0.29) is 0 Å². The van der Waals surface area contributed by atoms with Crippen molar-refractivity contribution in [3.8, 4) is 0 Å². The molecule has 0 amide bonds. The minimum absolute atomic E-state index is 0.321. The van der Waals surface area contributed by atoms with Crippen molar-refractivity contribution in [2.24, 2.45) is 0 Å². The molecule has 0 saturated carbocycles. The molecule has 1 aromatic carbocycles. The lowest BCUT2D eigenvalue weighted by Crippen LogP contribution is -2.36. The molecule has 0 aliphatic carbocycles. The van der Waals surface area contributed by atoms with Crippen molar-refractivity contribution in [1.82, 2.24) is 9.97 Å². The van der Waals surface area contributed by atoms with Crippen LogP contribution in [0.1, 0.15) is 26.7 Å². The van der Waals surface area contributed by atoms with Gasteiger partial charge in [0.15, 0.2) is 0 Å². The Bertz CT molecular complexity index is 562. The summed E-state index contributed by atoms with van der Waals surface area (Å²) in [6, 6.07) is 6.61. The third kappa shape index (κ3) is 2.84. The summed E-state index contributed by atoms with van der Waals surface area (Å²) in [5.41, 5.74) is 2.97. The molecule has 4 heteroatoms. The van der Waals surface area contributed by atoms with Crippen molar-refractivity contribution in [2.75, 3.05) is 5.32 Å². The van der Waals surface area contributed by atoms with E-state index >= 15 is 0 Å². The molecule has 1 aliphatic rings. The Kier molecular flexibility index (Phi) is 3.34. The smallest absolute Gasteiger partial charge is 0.0907 e. The summed E-state index contributed by atoms with van der Waals surface area (Å²) in [5, 5.41) is 3.59. The molecule has 1 aromatic heterocycles. The van der Waals surface area contributed by atoms with Gasteiger partial charge in [-0.25, -0.2) is 0 Å². The first-order valence-electron chi connectivity index (χ1n) is 6.83. The van der Waals surface area contributed by atoms with E-state index in [0.29, 0.717) is 18.2 Å². The molecule has 2 aromatic rings. The summed E-state index contributed by atoms with van der Waals surface area (Å²) in [7, 11) is 0. The van der Waals surface area contributed by atoms with Gasteiger partial charge in [0.05, 0.1) is 23.2 Å². The van der Waals surface area contributed by atoms with Gasteiger partial charge in [-0.2, -0.15) is 0 Å². The molecular formula is C15H19N3O. The summed E-state index contributed by atoms with van der Waals surface area (Å²) in [5.74, 6) is 0. The molecule has 0 spiro atoms. The fraction of sp³-hybridized carbons (Fsp3) is 0.467. The Morgan fingerprint density at radius 1 is 1.05 bits per heavy atom. The van der Waals surface area contributed by atoms with E-state index in [1.54, 1.807) is 12.4 Å². The second-order valence-corrected chi connectivity index (χ2v) is 5.33. The molecule has 100 valence electrons. The topological polar surface area (TPSA) is 47.0 Å². The van der Waals surface area contributed by atoms with Crippen LogP contribution in [0.2, 0.25) is 0 Å². The van der Waals surface area contributed by atoms with Crippen LogP contribution in [0.4, 0.5) is 5.69 Å². The first-order valence-corrected chi connectivity index (χ1v) is 6.83. The third-order valence-electron chi connectivity index (χ3n) is 3.54. The molecule has 4 nitrogen and oxygen atoms in total. The number of anilines is 1. The minimum atomic E-state index is 0.321. The zero-order chi connectivity index (χ0) is 13.2. The predicted molar refractivity (Wildman–Crippen MR) is 76.2 cm³/mol. The van der Waals surface area contributed by atoms with Crippen molar-refractivity contribution in [3.05, 3.63) is 30.6 Å². The van der Waals surface area contributed by atoms with E-state index in [4.69, 9.17) is 4.74 Å². The molecule has 0 bridgehead atoms. The lowest BCUT2D eigenvalue weighted by Gasteiger charge is -2.33. The van der Waals surface area contributed by atoms with E-state index in [1.807, 2.05) is 6.07 Å². The largest absolute Gasteiger partial charge is 0.382 e. The third-order valence-corrected chi connectivity index (χ3v) is 3.54. The Labute approximate surface area is 113 Å². The standard InChI is InChI=1S/C15H19N3O/c1-10-7-13(8-11(2)19-10)18-12-3-4-14-15(9-12)17-6-5-16-14/h3-6,9-11,13,18H,7-8H2,1-2H3. The molecule has 0 radical (unpaired) electrons. The van der Waals surface area contributed by atoms with Crippen LogP contribution in [0.5, 0.6) is 0 Å². The number of aromatic nitrogens is 2. The molecule has 1 saturated heterocycles. The van der Waals surface area contributed by atoms with E-state index < -0.39 is 0 Å². The van der Waals surface area contributed by atoms with Crippen molar-refractivity contribution >= 4 is 16.7 Å². The zero-order valence-corrected chi connectivity index (χ0v) is 11.3. The average Bonchev–Trinajstić information content (AvgIpc) is 2.37. The van der Waals surface area contributed by atoms with Crippen LogP contribution in [0.3, 0.4) is 0 Å². The van der Waals surface area contributed by atoms with Gasteiger partial charge in [-0.05, 0) is 44.9 Å². The molecule has 2 atom stereocenters. The summed E-state index contributed by atoms with van der Waals surface area (Å²) in [6.07, 6.45) is 6.18. The molecule has 1 N–H and O–H groups in total. The lowest BCUT2D eigenvalue weighted by atomic mass is 9.99. The zero-order valence-electron chi connectivity index (χ0n) is 11.3. The minimum Gasteiger partial charge on any atom is -0.382 e. The Morgan fingerprint density at radius 3 is 2.47 bits per heavy atom. The summed E-state index contributed by atoms with van der Waals surface area (Å²) < 4.78 is 5.76. The number of hydrogen-bond acceptors (Lipinski definition) is 4. The number of nitrogens with zero attached hydrogens (tertiary/aromatic N) is 2. The van der Waals surface area contributed by atoms with E-state index in [0.717, 1.165) is 29.6 Å². The molecule has 2 heterocycles. The number of benzene rings is 1. The van der Waals surface area contributed by atoms with Crippen LogP contribution < -0.4 is 5.32 Å². The molecule has 2 unspecified atom stereocenters. The summed E-state index contributed by atoms with van der Waals surface area (Å²) >= 11 is 0. The van der Waals surface area contributed by atoms with Crippen LogP contribution in [0.25, 0.3) is 11.0 Å².